The molecule has 5 nitrogen and oxygen atoms in total. The maximum absolute atomic E-state index is 5.28. The van der Waals surface area contributed by atoms with Crippen molar-refractivity contribution in [2.75, 3.05) is 39.9 Å². The van der Waals surface area contributed by atoms with Gasteiger partial charge in [0.2, 0.25) is 0 Å². The summed E-state index contributed by atoms with van der Waals surface area (Å²) < 4.78 is 5.28. The largest absolute Gasteiger partial charge is 0.380 e. The topological polar surface area (TPSA) is 48.9 Å². The Morgan fingerprint density at radius 3 is 2.10 bits per heavy atom. The van der Waals surface area contributed by atoms with E-state index in [0.717, 1.165) is 32.2 Å². The molecule has 0 aromatic carbocycles. The van der Waals surface area contributed by atoms with Crippen LogP contribution in [0.25, 0.3) is 0 Å². The fraction of sp³-hybridized carbons (Fsp3) is 0.929. The highest BCUT2D eigenvalue weighted by Gasteiger charge is 2.12. The van der Waals surface area contributed by atoms with E-state index in [-0.39, 0.29) is 24.0 Å². The van der Waals surface area contributed by atoms with Gasteiger partial charge in [-0.25, -0.2) is 0 Å². The highest BCUT2D eigenvalue weighted by Crippen LogP contribution is 2.02. The van der Waals surface area contributed by atoms with E-state index in [1.807, 2.05) is 6.92 Å². The van der Waals surface area contributed by atoms with Gasteiger partial charge in [0.1, 0.15) is 0 Å². The number of ether oxygens (including phenoxy) is 1. The van der Waals surface area contributed by atoms with Gasteiger partial charge in [0.05, 0.1) is 6.61 Å². The molecule has 2 N–H and O–H groups in total. The van der Waals surface area contributed by atoms with Crippen LogP contribution in [0.15, 0.2) is 4.99 Å². The molecule has 0 saturated carbocycles. The van der Waals surface area contributed by atoms with Crippen LogP contribution in [0.5, 0.6) is 0 Å². The Morgan fingerprint density at radius 1 is 1.10 bits per heavy atom. The zero-order valence-corrected chi connectivity index (χ0v) is 16.2. The lowest BCUT2D eigenvalue weighted by Gasteiger charge is -2.30. The number of rotatable bonds is 9. The summed E-state index contributed by atoms with van der Waals surface area (Å²) in [5.74, 6) is 0.840. The Bertz CT molecular complexity index is 239. The molecule has 0 aromatic rings. The highest BCUT2D eigenvalue weighted by molar-refractivity contribution is 14.0. The smallest absolute Gasteiger partial charge is 0.191 e. The minimum atomic E-state index is 0. The molecule has 0 atom stereocenters. The van der Waals surface area contributed by atoms with Gasteiger partial charge in [0.25, 0.3) is 0 Å². The second-order valence-corrected chi connectivity index (χ2v) is 5.05. The van der Waals surface area contributed by atoms with E-state index >= 15 is 0 Å². The van der Waals surface area contributed by atoms with Crippen LogP contribution in [0, 0.1) is 0 Å². The van der Waals surface area contributed by atoms with Crippen LogP contribution in [0.1, 0.15) is 34.6 Å². The first-order valence-corrected chi connectivity index (χ1v) is 7.30. The Hall–Kier alpha value is -0.0800. The van der Waals surface area contributed by atoms with Crippen molar-refractivity contribution in [1.82, 2.24) is 15.5 Å². The molecule has 0 aliphatic heterocycles. The van der Waals surface area contributed by atoms with Crippen LogP contribution < -0.4 is 10.6 Å². The van der Waals surface area contributed by atoms with Gasteiger partial charge >= 0.3 is 0 Å². The van der Waals surface area contributed by atoms with E-state index < -0.39 is 0 Å². The lowest BCUT2D eigenvalue weighted by molar-refractivity contribution is 0.152. The first-order valence-electron chi connectivity index (χ1n) is 7.30. The van der Waals surface area contributed by atoms with E-state index in [2.05, 4.69) is 48.2 Å². The van der Waals surface area contributed by atoms with Crippen LogP contribution in [-0.2, 0) is 4.74 Å². The number of hydrogen-bond donors (Lipinski definition) is 2. The van der Waals surface area contributed by atoms with Crippen molar-refractivity contribution in [2.24, 2.45) is 4.99 Å². The molecule has 0 amide bonds. The average molecular weight is 400 g/mol. The summed E-state index contributed by atoms with van der Waals surface area (Å²) in [6.45, 7) is 15.1. The number of hydrogen-bond acceptors (Lipinski definition) is 3. The van der Waals surface area contributed by atoms with Gasteiger partial charge in [-0.1, -0.05) is 0 Å². The molecule has 0 unspecified atom stereocenters. The molecule has 0 radical (unpaired) electrons. The molecule has 0 bridgehead atoms. The van der Waals surface area contributed by atoms with Gasteiger partial charge in [-0.2, -0.15) is 0 Å². The summed E-state index contributed by atoms with van der Waals surface area (Å²) in [5.41, 5.74) is 0. The minimum Gasteiger partial charge on any atom is -0.380 e. The molecule has 20 heavy (non-hydrogen) atoms. The van der Waals surface area contributed by atoms with E-state index in [0.29, 0.717) is 18.7 Å². The van der Waals surface area contributed by atoms with Crippen molar-refractivity contribution in [3.8, 4) is 0 Å². The molecule has 0 aromatic heterocycles. The number of aliphatic imine (C=N–C) groups is 1. The van der Waals surface area contributed by atoms with E-state index in [4.69, 9.17) is 4.74 Å². The van der Waals surface area contributed by atoms with Crippen LogP contribution in [0.4, 0.5) is 0 Å². The van der Waals surface area contributed by atoms with E-state index in [1.165, 1.54) is 0 Å². The minimum absolute atomic E-state index is 0. The van der Waals surface area contributed by atoms with E-state index in [9.17, 15) is 0 Å². The predicted molar refractivity (Wildman–Crippen MR) is 98.3 cm³/mol. The highest BCUT2D eigenvalue weighted by atomic mass is 127. The Morgan fingerprint density at radius 2 is 1.65 bits per heavy atom. The Balaban J connectivity index is 0. The van der Waals surface area contributed by atoms with Crippen LogP contribution in [0.2, 0.25) is 0 Å². The standard InChI is InChI=1S/C14H32N4O.HI/c1-7-19-11-9-17-14(15-6)16-8-10-18(12(2)3)13(4)5;/h12-13H,7-11H2,1-6H3,(H2,15,16,17);1H. The third-order valence-corrected chi connectivity index (χ3v) is 2.96. The van der Waals surface area contributed by atoms with E-state index in [1.54, 1.807) is 7.05 Å². The van der Waals surface area contributed by atoms with Crippen molar-refractivity contribution in [3.05, 3.63) is 0 Å². The summed E-state index contributed by atoms with van der Waals surface area (Å²) in [5, 5.41) is 6.56. The molecule has 0 saturated heterocycles. The zero-order chi connectivity index (χ0) is 14.7. The maximum Gasteiger partial charge on any atom is 0.191 e. The summed E-state index contributed by atoms with van der Waals surface area (Å²) in [4.78, 5) is 6.65. The average Bonchev–Trinajstić information content (AvgIpc) is 2.36. The van der Waals surface area contributed by atoms with Gasteiger partial charge in [-0.15, -0.1) is 24.0 Å². The van der Waals surface area contributed by atoms with Crippen molar-refractivity contribution < 1.29 is 4.74 Å². The van der Waals surface area contributed by atoms with Crippen LogP contribution >= 0.6 is 24.0 Å². The molecule has 0 aliphatic rings. The van der Waals surface area contributed by atoms with Crippen molar-refractivity contribution in [2.45, 2.75) is 46.7 Å². The second-order valence-electron chi connectivity index (χ2n) is 5.05. The molecule has 0 aliphatic carbocycles. The molecule has 0 fully saturated rings. The monoisotopic (exact) mass is 400 g/mol. The summed E-state index contributed by atoms with van der Waals surface area (Å²) in [6.07, 6.45) is 0. The Kier molecular flexibility index (Phi) is 15.4. The third-order valence-electron chi connectivity index (χ3n) is 2.96. The molecular formula is C14H33IN4O. The third kappa shape index (κ3) is 10.7. The molecule has 6 heteroatoms. The normalized spacial score (nSPS) is 11.9. The van der Waals surface area contributed by atoms with Crippen molar-refractivity contribution >= 4 is 29.9 Å². The SMILES string of the molecule is CCOCCNC(=NC)NCCN(C(C)C)C(C)C.I. The molecule has 0 heterocycles. The fourth-order valence-electron chi connectivity index (χ4n) is 2.02. The van der Waals surface area contributed by atoms with Gasteiger partial charge in [-0.3, -0.25) is 9.89 Å². The molecule has 122 valence electrons. The lowest BCUT2D eigenvalue weighted by Crippen LogP contribution is -2.45. The Labute approximate surface area is 141 Å². The maximum atomic E-state index is 5.28. The van der Waals surface area contributed by atoms with Crippen molar-refractivity contribution in [1.29, 1.82) is 0 Å². The molecule has 0 rings (SSSR count). The number of nitrogens with one attached hydrogen (secondary N) is 2. The first-order chi connectivity index (χ1) is 9.02. The quantitative estimate of drug-likeness (QED) is 0.269. The van der Waals surface area contributed by atoms with Crippen LogP contribution in [-0.4, -0.2) is 62.8 Å². The van der Waals surface area contributed by atoms with Gasteiger partial charge in [0.15, 0.2) is 5.96 Å². The lowest BCUT2D eigenvalue weighted by atomic mass is 10.2. The molecule has 0 spiro atoms. The van der Waals surface area contributed by atoms with Gasteiger partial charge in [-0.05, 0) is 34.6 Å². The molecular weight excluding hydrogens is 367 g/mol. The summed E-state index contributed by atoms with van der Waals surface area (Å²) in [6, 6.07) is 1.13. The predicted octanol–water partition coefficient (Wildman–Crippen LogP) is 1.92. The van der Waals surface area contributed by atoms with Crippen molar-refractivity contribution in [3.63, 3.8) is 0 Å². The number of guanidine groups is 1. The van der Waals surface area contributed by atoms with Crippen LogP contribution in [0.3, 0.4) is 0 Å². The zero-order valence-electron chi connectivity index (χ0n) is 13.9. The van der Waals surface area contributed by atoms with Gasteiger partial charge in [0, 0.05) is 45.4 Å². The first kappa shape index (κ1) is 22.2. The fourth-order valence-corrected chi connectivity index (χ4v) is 2.02. The number of halogens is 1. The second kappa shape index (κ2) is 13.9. The number of nitrogens with zero attached hydrogens (tertiary/aromatic N) is 2. The van der Waals surface area contributed by atoms with Gasteiger partial charge < -0.3 is 15.4 Å². The summed E-state index contributed by atoms with van der Waals surface area (Å²) >= 11 is 0. The summed E-state index contributed by atoms with van der Waals surface area (Å²) in [7, 11) is 1.79.